The number of allylic oxidation sites excluding steroid dienone is 1. The average Bonchev–Trinajstić information content (AvgIpc) is 3.28. The summed E-state index contributed by atoms with van der Waals surface area (Å²) in [5.41, 5.74) is 1.35. The number of hydrogen-bond acceptors (Lipinski definition) is 6. The van der Waals surface area contributed by atoms with Gasteiger partial charge in [-0.1, -0.05) is 30.9 Å². The number of benzene rings is 2. The minimum absolute atomic E-state index is 0.0645. The largest absolute Gasteiger partial charge is 0.417 e. The van der Waals surface area contributed by atoms with Crippen molar-refractivity contribution in [3.05, 3.63) is 88.1 Å². The topological polar surface area (TPSA) is 87.5 Å². The molecule has 1 aromatic heterocycles. The minimum Gasteiger partial charge on any atom is -0.352 e. The highest BCUT2D eigenvalue weighted by Crippen LogP contribution is 2.48. The number of nitrogens with zero attached hydrogens (tertiary/aromatic N) is 4. The van der Waals surface area contributed by atoms with Crippen LogP contribution in [0.5, 0.6) is 0 Å². The maximum atomic E-state index is 14.6. The van der Waals surface area contributed by atoms with Gasteiger partial charge >= 0.3 is 11.9 Å². The molecule has 0 bridgehead atoms. The molecule has 1 aliphatic carbocycles. The summed E-state index contributed by atoms with van der Waals surface area (Å²) in [6, 6.07) is 5.42. The Labute approximate surface area is 279 Å². The fraction of sp³-hybridized carbons (Fsp3) is 0.371. The first-order valence-electron chi connectivity index (χ1n) is 15.8. The van der Waals surface area contributed by atoms with Crippen LogP contribution in [-0.4, -0.2) is 63.7 Å². The van der Waals surface area contributed by atoms with Crippen LogP contribution in [0.3, 0.4) is 0 Å². The summed E-state index contributed by atoms with van der Waals surface area (Å²) >= 11 is 1.27. The molecule has 3 aromatic rings. The van der Waals surface area contributed by atoms with Crippen LogP contribution >= 0.6 is 11.8 Å². The number of hydrogen-bond donors (Lipinski definition) is 1. The van der Waals surface area contributed by atoms with Gasteiger partial charge in [-0.3, -0.25) is 14.2 Å². The first-order chi connectivity index (χ1) is 22.9. The van der Waals surface area contributed by atoms with Crippen LogP contribution in [0, 0.1) is 5.82 Å². The maximum Gasteiger partial charge on any atom is 0.417 e. The van der Waals surface area contributed by atoms with E-state index in [1.807, 2.05) is 13.8 Å². The third-order valence-corrected chi connectivity index (χ3v) is 10.2. The van der Waals surface area contributed by atoms with Crippen LogP contribution in [0.15, 0.2) is 76.0 Å². The summed E-state index contributed by atoms with van der Waals surface area (Å²) in [7, 11) is 0. The quantitative estimate of drug-likeness (QED) is 0.266. The molecule has 0 radical (unpaired) electrons. The van der Waals surface area contributed by atoms with Crippen molar-refractivity contribution in [3.63, 3.8) is 0 Å². The van der Waals surface area contributed by atoms with Crippen molar-refractivity contribution < 1.29 is 27.2 Å². The zero-order valence-corrected chi connectivity index (χ0v) is 27.4. The molecule has 2 unspecified atom stereocenters. The standard InChI is InChI=1S/C27H26F4N4O2S.C8H9NO/c1-4-21(36)35-15(2)13-33(14-16(35)3)25-19-12-20(27(29,30)31)22(17-6-8-18(28)9-7-17)24-23(19)34(26(37)32-25)10-5-11-38-24;10-8-7-4-2-1-3-6(7)5-9-8/h4,6-9,12,15-16H,1,5,10-11,13-14H2,2-3H3;1,3H,2,4-5H2,(H,9,10). The molecule has 4 aliphatic rings. The number of rotatable bonds is 3. The molecule has 4 heterocycles. The fourth-order valence-electron chi connectivity index (χ4n) is 6.96. The zero-order chi connectivity index (χ0) is 34.3. The van der Waals surface area contributed by atoms with Gasteiger partial charge in [0.15, 0.2) is 0 Å². The number of aryl methyl sites for hydroxylation is 1. The predicted molar refractivity (Wildman–Crippen MR) is 178 cm³/mol. The molecule has 2 atom stereocenters. The highest BCUT2D eigenvalue weighted by Gasteiger charge is 2.39. The molecular weight excluding hydrogens is 646 g/mol. The zero-order valence-electron chi connectivity index (χ0n) is 26.6. The number of alkyl halides is 3. The second-order valence-corrected chi connectivity index (χ2v) is 13.4. The number of piperazine rings is 1. The van der Waals surface area contributed by atoms with Gasteiger partial charge in [0.25, 0.3) is 0 Å². The second kappa shape index (κ2) is 13.3. The molecule has 1 saturated heterocycles. The molecular formula is C35H35F4N5O3S. The van der Waals surface area contributed by atoms with Crippen LogP contribution < -0.4 is 15.9 Å². The molecule has 3 aliphatic heterocycles. The minimum atomic E-state index is -4.71. The van der Waals surface area contributed by atoms with Gasteiger partial charge in [-0.25, -0.2) is 9.18 Å². The normalized spacial score (nSPS) is 20.6. The number of amides is 2. The Morgan fingerprint density at radius 1 is 1.12 bits per heavy atom. The molecule has 7 rings (SSSR count). The SMILES string of the molecule is C=CC(=O)N1C(C)CN(c2nc(=O)n3c4c(c(-c5ccc(F)cc5)c(C(F)(F)F)cc24)SCCC3)CC1C.O=C1NCC2=C1CCC=C2. The van der Waals surface area contributed by atoms with Crippen molar-refractivity contribution in [3.8, 4) is 11.1 Å². The molecule has 48 heavy (non-hydrogen) atoms. The first kappa shape index (κ1) is 33.5. The van der Waals surface area contributed by atoms with E-state index in [0.29, 0.717) is 42.2 Å². The van der Waals surface area contributed by atoms with Gasteiger partial charge in [-0.2, -0.15) is 18.2 Å². The summed E-state index contributed by atoms with van der Waals surface area (Å²) in [4.78, 5) is 44.8. The summed E-state index contributed by atoms with van der Waals surface area (Å²) in [6.45, 7) is 8.89. The molecule has 0 spiro atoms. The van der Waals surface area contributed by atoms with Crippen LogP contribution in [0.4, 0.5) is 23.4 Å². The van der Waals surface area contributed by atoms with E-state index in [9.17, 15) is 31.9 Å². The third kappa shape index (κ3) is 6.27. The van der Waals surface area contributed by atoms with Crippen LogP contribution in [0.1, 0.15) is 38.7 Å². The highest BCUT2D eigenvalue weighted by molar-refractivity contribution is 7.99. The lowest BCUT2D eigenvalue weighted by molar-refractivity contribution is -0.137. The van der Waals surface area contributed by atoms with Gasteiger partial charge in [-0.15, -0.1) is 11.8 Å². The van der Waals surface area contributed by atoms with Gasteiger partial charge in [-0.05, 0) is 74.3 Å². The lowest BCUT2D eigenvalue weighted by Gasteiger charge is -2.44. The van der Waals surface area contributed by atoms with Crippen molar-refractivity contribution >= 4 is 40.3 Å². The molecule has 1 N–H and O–H groups in total. The lowest BCUT2D eigenvalue weighted by atomic mass is 9.96. The Balaban J connectivity index is 0.000000340. The Bertz CT molecular complexity index is 1910. The van der Waals surface area contributed by atoms with E-state index in [4.69, 9.17) is 0 Å². The van der Waals surface area contributed by atoms with Crippen LogP contribution in [-0.2, 0) is 22.3 Å². The van der Waals surface area contributed by atoms with Gasteiger partial charge in [0.05, 0.1) is 11.1 Å². The summed E-state index contributed by atoms with van der Waals surface area (Å²) < 4.78 is 58.9. The van der Waals surface area contributed by atoms with Crippen LogP contribution in [0.25, 0.3) is 22.0 Å². The molecule has 13 heteroatoms. The van der Waals surface area contributed by atoms with E-state index in [1.165, 1.54) is 40.1 Å². The maximum absolute atomic E-state index is 14.6. The van der Waals surface area contributed by atoms with E-state index in [0.717, 1.165) is 43.2 Å². The summed E-state index contributed by atoms with van der Waals surface area (Å²) in [5, 5.41) is 3.03. The molecule has 1 fully saturated rings. The fourth-order valence-corrected chi connectivity index (χ4v) is 8.17. The molecule has 0 saturated carbocycles. The van der Waals surface area contributed by atoms with E-state index >= 15 is 0 Å². The summed E-state index contributed by atoms with van der Waals surface area (Å²) in [6.07, 6.45) is 3.23. The number of aromatic nitrogens is 2. The Kier molecular flexibility index (Phi) is 9.25. The number of thioether (sulfide) groups is 1. The predicted octanol–water partition coefficient (Wildman–Crippen LogP) is 6.09. The van der Waals surface area contributed by atoms with Gasteiger partial charge < -0.3 is 15.1 Å². The molecule has 2 amide bonds. The van der Waals surface area contributed by atoms with Crippen molar-refractivity contribution in [1.82, 2.24) is 19.8 Å². The number of halogens is 4. The number of carbonyl (C=O) groups is 2. The number of carbonyl (C=O) groups excluding carboxylic acids is 2. The van der Waals surface area contributed by atoms with E-state index in [-0.39, 0.29) is 46.2 Å². The van der Waals surface area contributed by atoms with Crippen molar-refractivity contribution in [2.24, 2.45) is 0 Å². The smallest absolute Gasteiger partial charge is 0.352 e. The van der Waals surface area contributed by atoms with E-state index in [2.05, 4.69) is 29.0 Å². The highest BCUT2D eigenvalue weighted by atomic mass is 32.2. The monoisotopic (exact) mass is 681 g/mol. The first-order valence-corrected chi connectivity index (χ1v) is 16.8. The Morgan fingerprint density at radius 2 is 1.83 bits per heavy atom. The van der Waals surface area contributed by atoms with Gasteiger partial charge in [0.1, 0.15) is 11.6 Å². The van der Waals surface area contributed by atoms with Gasteiger partial charge in [0, 0.05) is 59.7 Å². The lowest BCUT2D eigenvalue weighted by Crippen LogP contribution is -2.58. The summed E-state index contributed by atoms with van der Waals surface area (Å²) in [5.74, 6) is 0.0373. The van der Waals surface area contributed by atoms with E-state index in [1.54, 1.807) is 9.80 Å². The van der Waals surface area contributed by atoms with Crippen LogP contribution in [0.2, 0.25) is 0 Å². The number of nitrogens with one attached hydrogen (secondary N) is 1. The van der Waals surface area contributed by atoms with Crippen molar-refractivity contribution in [2.75, 3.05) is 30.3 Å². The second-order valence-electron chi connectivity index (χ2n) is 12.3. The average molecular weight is 682 g/mol. The molecule has 2 aromatic carbocycles. The number of anilines is 1. The Hall–Kier alpha value is -4.39. The Morgan fingerprint density at radius 3 is 2.48 bits per heavy atom. The van der Waals surface area contributed by atoms with Gasteiger partial charge in [0.2, 0.25) is 11.8 Å². The van der Waals surface area contributed by atoms with Crippen molar-refractivity contribution in [1.29, 1.82) is 0 Å². The van der Waals surface area contributed by atoms with E-state index < -0.39 is 23.2 Å². The third-order valence-electron chi connectivity index (χ3n) is 9.04. The molecule has 252 valence electrons. The van der Waals surface area contributed by atoms with Crippen molar-refractivity contribution in [2.45, 2.75) is 62.8 Å². The molecule has 8 nitrogen and oxygen atoms in total.